The Morgan fingerprint density at radius 1 is 1.11 bits per heavy atom. The minimum absolute atomic E-state index is 0.0969. The molecule has 4 heteroatoms. The topological polar surface area (TPSA) is 33.7 Å². The monoisotopic (exact) mass is 252 g/mol. The van der Waals surface area contributed by atoms with Crippen molar-refractivity contribution in [1.82, 2.24) is 4.90 Å². The van der Waals surface area contributed by atoms with Crippen LogP contribution in [0.5, 0.6) is 0 Å². The zero-order valence-corrected chi connectivity index (χ0v) is 11.9. The van der Waals surface area contributed by atoms with Crippen molar-refractivity contribution >= 4 is 5.69 Å². The van der Waals surface area contributed by atoms with Gasteiger partial charge in [0, 0.05) is 26.5 Å². The molecule has 0 aromatic heterocycles. The number of hydrogen-bond acceptors (Lipinski definition) is 4. The Balaban J connectivity index is 2.57. The molecule has 0 bridgehead atoms. The van der Waals surface area contributed by atoms with Crippen LogP contribution in [0.2, 0.25) is 0 Å². The summed E-state index contributed by atoms with van der Waals surface area (Å²) in [5, 5.41) is 3.36. The number of ether oxygens (including phenoxy) is 2. The fraction of sp³-hybridized carbons (Fsp3) is 0.571. The molecule has 18 heavy (non-hydrogen) atoms. The fourth-order valence-corrected chi connectivity index (χ4v) is 1.91. The van der Waals surface area contributed by atoms with E-state index in [1.165, 1.54) is 5.56 Å². The van der Waals surface area contributed by atoms with E-state index in [0.29, 0.717) is 0 Å². The average Bonchev–Trinajstić information content (AvgIpc) is 2.32. The van der Waals surface area contributed by atoms with Crippen LogP contribution in [0.25, 0.3) is 0 Å². The number of hydrogen-bond donors (Lipinski definition) is 1. The second-order valence-electron chi connectivity index (χ2n) is 4.71. The quantitative estimate of drug-likeness (QED) is 0.754. The van der Waals surface area contributed by atoms with Crippen LogP contribution in [0.1, 0.15) is 12.5 Å². The molecule has 0 amide bonds. The molecular weight excluding hydrogens is 228 g/mol. The van der Waals surface area contributed by atoms with Crippen LogP contribution in [0, 0.1) is 0 Å². The Kier molecular flexibility index (Phi) is 6.12. The summed E-state index contributed by atoms with van der Waals surface area (Å²) < 4.78 is 10.4. The van der Waals surface area contributed by atoms with E-state index in [0.717, 1.165) is 12.2 Å². The molecule has 1 unspecified atom stereocenters. The molecular formula is C14H24N2O2. The predicted molar refractivity (Wildman–Crippen MR) is 74.7 cm³/mol. The number of rotatable bonds is 7. The molecule has 1 N–H and O–H groups in total. The summed E-state index contributed by atoms with van der Waals surface area (Å²) in [7, 11) is 7.42. The van der Waals surface area contributed by atoms with E-state index in [1.807, 2.05) is 6.92 Å². The van der Waals surface area contributed by atoms with Crippen LogP contribution >= 0.6 is 0 Å². The Labute approximate surface area is 110 Å². The van der Waals surface area contributed by atoms with Gasteiger partial charge < -0.3 is 19.7 Å². The molecule has 1 aromatic carbocycles. The van der Waals surface area contributed by atoms with E-state index in [1.54, 1.807) is 14.2 Å². The number of nitrogens with one attached hydrogen (secondary N) is 1. The lowest BCUT2D eigenvalue weighted by molar-refractivity contribution is -0.109. The summed E-state index contributed by atoms with van der Waals surface area (Å²) in [6.45, 7) is 2.99. The van der Waals surface area contributed by atoms with Gasteiger partial charge in [-0.3, -0.25) is 0 Å². The zero-order chi connectivity index (χ0) is 13.5. The minimum Gasteiger partial charge on any atom is -0.377 e. The largest absolute Gasteiger partial charge is 0.377 e. The van der Waals surface area contributed by atoms with Crippen molar-refractivity contribution in [1.29, 1.82) is 0 Å². The maximum absolute atomic E-state index is 5.22. The van der Waals surface area contributed by atoms with Gasteiger partial charge in [-0.25, -0.2) is 0 Å². The maximum atomic E-state index is 5.22. The van der Waals surface area contributed by atoms with Crippen LogP contribution in [-0.4, -0.2) is 45.5 Å². The van der Waals surface area contributed by atoms with Crippen LogP contribution in [0.4, 0.5) is 5.69 Å². The van der Waals surface area contributed by atoms with Crippen LogP contribution < -0.4 is 5.32 Å². The summed E-state index contributed by atoms with van der Waals surface area (Å²) in [5.41, 5.74) is 2.37. The maximum Gasteiger partial charge on any atom is 0.176 e. The smallest absolute Gasteiger partial charge is 0.176 e. The van der Waals surface area contributed by atoms with Crippen molar-refractivity contribution in [2.24, 2.45) is 0 Å². The van der Waals surface area contributed by atoms with E-state index in [4.69, 9.17) is 9.47 Å². The van der Waals surface area contributed by atoms with E-state index in [-0.39, 0.29) is 12.3 Å². The van der Waals surface area contributed by atoms with Crippen molar-refractivity contribution in [2.75, 3.05) is 33.6 Å². The van der Waals surface area contributed by atoms with Gasteiger partial charge in [-0.15, -0.1) is 0 Å². The molecule has 4 nitrogen and oxygen atoms in total. The number of methoxy groups -OCH3 is 2. The van der Waals surface area contributed by atoms with E-state index in [9.17, 15) is 0 Å². The normalized spacial score (nSPS) is 13.1. The van der Waals surface area contributed by atoms with Gasteiger partial charge >= 0.3 is 0 Å². The summed E-state index contributed by atoms with van der Waals surface area (Å²) in [4.78, 5) is 2.15. The van der Waals surface area contributed by atoms with Gasteiger partial charge in [-0.2, -0.15) is 0 Å². The minimum atomic E-state index is -0.244. The van der Waals surface area contributed by atoms with Crippen molar-refractivity contribution < 1.29 is 9.47 Å². The second-order valence-corrected chi connectivity index (χ2v) is 4.71. The third-order valence-corrected chi connectivity index (χ3v) is 2.72. The van der Waals surface area contributed by atoms with E-state index < -0.39 is 0 Å². The Morgan fingerprint density at radius 3 is 2.11 bits per heavy atom. The Morgan fingerprint density at radius 2 is 1.67 bits per heavy atom. The average molecular weight is 252 g/mol. The first-order valence-electron chi connectivity index (χ1n) is 6.12. The van der Waals surface area contributed by atoms with Gasteiger partial charge in [0.1, 0.15) is 0 Å². The van der Waals surface area contributed by atoms with Gasteiger partial charge in [0.25, 0.3) is 0 Å². The van der Waals surface area contributed by atoms with E-state index in [2.05, 4.69) is 48.6 Å². The summed E-state index contributed by atoms with van der Waals surface area (Å²) in [5.74, 6) is 0. The van der Waals surface area contributed by atoms with Crippen molar-refractivity contribution in [3.8, 4) is 0 Å². The molecule has 0 saturated heterocycles. The molecule has 1 atom stereocenters. The van der Waals surface area contributed by atoms with Gasteiger partial charge in [-0.05, 0) is 38.7 Å². The number of benzene rings is 1. The highest BCUT2D eigenvalue weighted by atomic mass is 16.7. The third kappa shape index (κ3) is 4.64. The predicted octanol–water partition coefficient (Wildman–Crippen LogP) is 2.17. The first-order chi connectivity index (χ1) is 8.56. The molecule has 1 rings (SSSR count). The molecule has 0 aliphatic carbocycles. The molecule has 0 radical (unpaired) electrons. The second kappa shape index (κ2) is 7.36. The highest BCUT2D eigenvalue weighted by Gasteiger charge is 2.15. The van der Waals surface area contributed by atoms with Crippen molar-refractivity contribution in [2.45, 2.75) is 25.8 Å². The van der Waals surface area contributed by atoms with Gasteiger partial charge in [0.05, 0.1) is 6.04 Å². The molecule has 0 aliphatic heterocycles. The van der Waals surface area contributed by atoms with Crippen LogP contribution in [-0.2, 0) is 16.0 Å². The number of anilines is 1. The van der Waals surface area contributed by atoms with Crippen molar-refractivity contribution in [3.63, 3.8) is 0 Å². The highest BCUT2D eigenvalue weighted by Crippen LogP contribution is 2.13. The van der Waals surface area contributed by atoms with Crippen molar-refractivity contribution in [3.05, 3.63) is 29.8 Å². The third-order valence-electron chi connectivity index (χ3n) is 2.72. The Bertz CT molecular complexity index is 334. The molecule has 0 heterocycles. The zero-order valence-electron chi connectivity index (χ0n) is 11.9. The summed E-state index contributed by atoms with van der Waals surface area (Å²) >= 11 is 0. The molecule has 0 saturated carbocycles. The van der Waals surface area contributed by atoms with Gasteiger partial charge in [-0.1, -0.05) is 12.1 Å². The fourth-order valence-electron chi connectivity index (χ4n) is 1.91. The lowest BCUT2D eigenvalue weighted by Gasteiger charge is -2.23. The lowest BCUT2D eigenvalue weighted by atomic mass is 10.2. The number of nitrogens with zero attached hydrogens (tertiary/aromatic N) is 1. The molecule has 0 spiro atoms. The Hall–Kier alpha value is -1.10. The van der Waals surface area contributed by atoms with Gasteiger partial charge in [0.15, 0.2) is 6.29 Å². The molecule has 1 aromatic rings. The van der Waals surface area contributed by atoms with E-state index >= 15 is 0 Å². The summed E-state index contributed by atoms with van der Waals surface area (Å²) in [6.07, 6.45) is -0.244. The summed E-state index contributed by atoms with van der Waals surface area (Å²) in [6, 6.07) is 8.52. The standard InChI is InChI=1S/C14H24N2O2/c1-11(14(17-4)18-5)15-13-8-6-12(7-9-13)10-16(2)3/h6-9,11,14-15H,10H2,1-5H3. The molecule has 0 fully saturated rings. The molecule has 102 valence electrons. The SMILES string of the molecule is COC(OC)C(C)Nc1ccc(CN(C)C)cc1. The van der Waals surface area contributed by atoms with Crippen LogP contribution in [0.3, 0.4) is 0 Å². The van der Waals surface area contributed by atoms with Crippen LogP contribution in [0.15, 0.2) is 24.3 Å². The first-order valence-corrected chi connectivity index (χ1v) is 6.12. The highest BCUT2D eigenvalue weighted by molar-refractivity contribution is 5.45. The molecule has 0 aliphatic rings. The lowest BCUT2D eigenvalue weighted by Crippen LogP contribution is -2.33. The first kappa shape index (κ1) is 15.0. The van der Waals surface area contributed by atoms with Gasteiger partial charge in [0.2, 0.25) is 0 Å².